The van der Waals surface area contributed by atoms with Crippen molar-refractivity contribution in [2.45, 2.75) is 107 Å². The summed E-state index contributed by atoms with van der Waals surface area (Å²) in [7, 11) is 0. The molecule has 176 valence electrons. The minimum absolute atomic E-state index is 0.00198. The molecule has 3 nitrogen and oxygen atoms in total. The standard InChI is InChI=1S/C28H47NO2/c1-24(2,3)17-13-14-28(27(10,11)12)20(17)22(30)19-18(25(4,5)6)15-16(21(19)29-28)23(31)26(7,8)9/h13,15-16,19-22,29-30H,14H2,1-12H3/t16-,19-,20+,21+,22-,28+/m1/s1. The van der Waals surface area contributed by atoms with Crippen LogP contribution in [0.1, 0.15) is 89.5 Å². The van der Waals surface area contributed by atoms with Gasteiger partial charge in [-0.1, -0.05) is 106 Å². The third-order valence-corrected chi connectivity index (χ3v) is 8.25. The summed E-state index contributed by atoms with van der Waals surface area (Å²) >= 11 is 0. The molecule has 0 aromatic heterocycles. The van der Waals surface area contributed by atoms with E-state index in [1.807, 2.05) is 20.8 Å². The lowest BCUT2D eigenvalue weighted by atomic mass is 9.56. The van der Waals surface area contributed by atoms with Gasteiger partial charge in [0.05, 0.1) is 12.0 Å². The number of Topliss-reactive ketones (excluding diaryl/α,β-unsaturated/α-hetero) is 1. The largest absolute Gasteiger partial charge is 0.392 e. The van der Waals surface area contributed by atoms with Crippen LogP contribution in [0.25, 0.3) is 0 Å². The van der Waals surface area contributed by atoms with E-state index >= 15 is 0 Å². The van der Waals surface area contributed by atoms with Crippen molar-refractivity contribution in [3.63, 3.8) is 0 Å². The van der Waals surface area contributed by atoms with Gasteiger partial charge in [0.1, 0.15) is 5.78 Å². The molecular weight excluding hydrogens is 382 g/mol. The van der Waals surface area contributed by atoms with E-state index in [0.717, 1.165) is 6.42 Å². The fourth-order valence-corrected chi connectivity index (χ4v) is 6.57. The van der Waals surface area contributed by atoms with Gasteiger partial charge in [-0.05, 0) is 22.7 Å². The van der Waals surface area contributed by atoms with Crippen LogP contribution in [0, 0.1) is 39.4 Å². The van der Waals surface area contributed by atoms with Gasteiger partial charge >= 0.3 is 0 Å². The summed E-state index contributed by atoms with van der Waals surface area (Å²) in [6.45, 7) is 26.3. The minimum atomic E-state index is -0.498. The van der Waals surface area contributed by atoms with E-state index in [2.05, 4.69) is 79.8 Å². The SMILES string of the molecule is CC(C)(C)C(=O)[C@@H]1C=C(C(C)(C)C)[C@H]2[C@@H](O)[C@@H]3C(C(C)(C)C)=CC[C@]3(C(C)(C)C)N[C@H]21. The summed E-state index contributed by atoms with van der Waals surface area (Å²) in [6.07, 6.45) is 5.00. The van der Waals surface area contributed by atoms with Gasteiger partial charge in [0.25, 0.3) is 0 Å². The predicted molar refractivity (Wildman–Crippen MR) is 130 cm³/mol. The van der Waals surface area contributed by atoms with Crippen LogP contribution in [-0.4, -0.2) is 28.6 Å². The first-order chi connectivity index (χ1) is 13.7. The van der Waals surface area contributed by atoms with E-state index < -0.39 is 11.5 Å². The van der Waals surface area contributed by atoms with Crippen molar-refractivity contribution in [2.24, 2.45) is 39.4 Å². The topological polar surface area (TPSA) is 49.3 Å². The molecule has 0 unspecified atom stereocenters. The predicted octanol–water partition coefficient (Wildman–Crippen LogP) is 5.93. The average Bonchev–Trinajstić information content (AvgIpc) is 3.12. The second-order valence-electron chi connectivity index (χ2n) is 14.5. The first kappa shape index (κ1) is 24.7. The molecular formula is C28H47NO2. The van der Waals surface area contributed by atoms with Gasteiger partial charge in [0, 0.05) is 28.8 Å². The second-order valence-corrected chi connectivity index (χ2v) is 14.5. The number of nitrogens with one attached hydrogen (secondary N) is 1. The second kappa shape index (κ2) is 7.03. The molecule has 2 N–H and O–H groups in total. The van der Waals surface area contributed by atoms with E-state index in [4.69, 9.17) is 0 Å². The van der Waals surface area contributed by atoms with Gasteiger partial charge in [-0.3, -0.25) is 4.79 Å². The Morgan fingerprint density at radius 2 is 1.45 bits per heavy atom. The lowest BCUT2D eigenvalue weighted by molar-refractivity contribution is -0.132. The molecule has 0 bridgehead atoms. The van der Waals surface area contributed by atoms with Crippen LogP contribution in [0.5, 0.6) is 0 Å². The Morgan fingerprint density at radius 3 is 1.87 bits per heavy atom. The number of hydrogen-bond acceptors (Lipinski definition) is 3. The molecule has 0 radical (unpaired) electrons. The number of aliphatic hydroxyl groups is 1. The first-order valence-electron chi connectivity index (χ1n) is 12.2. The van der Waals surface area contributed by atoms with Crippen LogP contribution in [-0.2, 0) is 4.79 Å². The molecule has 0 aromatic carbocycles. The Bertz CT molecular complexity index is 806. The highest BCUT2D eigenvalue weighted by atomic mass is 16.3. The molecule has 0 saturated carbocycles. The normalized spacial score (nSPS) is 36.6. The molecule has 1 fully saturated rings. The summed E-state index contributed by atoms with van der Waals surface area (Å²) in [5.74, 6) is 0.0716. The van der Waals surface area contributed by atoms with Crippen molar-refractivity contribution in [2.75, 3.05) is 0 Å². The Balaban J connectivity index is 2.18. The van der Waals surface area contributed by atoms with Gasteiger partial charge in [0.2, 0.25) is 0 Å². The molecule has 0 amide bonds. The third-order valence-electron chi connectivity index (χ3n) is 8.25. The van der Waals surface area contributed by atoms with E-state index in [1.165, 1.54) is 11.1 Å². The third kappa shape index (κ3) is 3.78. The van der Waals surface area contributed by atoms with Crippen molar-refractivity contribution < 1.29 is 9.90 Å². The van der Waals surface area contributed by atoms with Crippen LogP contribution in [0.15, 0.2) is 23.3 Å². The quantitative estimate of drug-likeness (QED) is 0.508. The summed E-state index contributed by atoms with van der Waals surface area (Å²) in [6, 6.07) is -0.0563. The molecule has 0 aromatic rings. The zero-order chi connectivity index (χ0) is 23.9. The molecule has 2 aliphatic carbocycles. The average molecular weight is 430 g/mol. The molecule has 31 heavy (non-hydrogen) atoms. The summed E-state index contributed by atoms with van der Waals surface area (Å²) in [5, 5.41) is 16.2. The summed E-state index contributed by atoms with van der Waals surface area (Å²) < 4.78 is 0. The number of ketones is 1. The van der Waals surface area contributed by atoms with Gasteiger partial charge in [-0.25, -0.2) is 0 Å². The van der Waals surface area contributed by atoms with Crippen LogP contribution in [0.4, 0.5) is 0 Å². The van der Waals surface area contributed by atoms with Gasteiger partial charge in [-0.15, -0.1) is 0 Å². The number of piperidine rings is 1. The lowest BCUT2D eigenvalue weighted by Crippen LogP contribution is -2.72. The maximum absolute atomic E-state index is 13.6. The van der Waals surface area contributed by atoms with Crippen LogP contribution in [0.2, 0.25) is 0 Å². The van der Waals surface area contributed by atoms with Crippen molar-refractivity contribution >= 4 is 5.78 Å². The van der Waals surface area contributed by atoms with Crippen molar-refractivity contribution in [1.29, 1.82) is 0 Å². The van der Waals surface area contributed by atoms with Gasteiger partial charge in [-0.2, -0.15) is 0 Å². The molecule has 3 heteroatoms. The summed E-state index contributed by atoms with van der Waals surface area (Å²) in [4.78, 5) is 13.6. The Hall–Kier alpha value is -0.930. The molecule has 3 aliphatic rings. The molecule has 1 saturated heterocycles. The zero-order valence-electron chi connectivity index (χ0n) is 22.1. The fourth-order valence-electron chi connectivity index (χ4n) is 6.57. The number of rotatable bonds is 1. The lowest BCUT2D eigenvalue weighted by Gasteiger charge is -2.59. The maximum Gasteiger partial charge on any atom is 0.146 e. The highest BCUT2D eigenvalue weighted by Crippen LogP contribution is 2.60. The zero-order valence-corrected chi connectivity index (χ0v) is 22.1. The van der Waals surface area contributed by atoms with E-state index in [0.29, 0.717) is 0 Å². The van der Waals surface area contributed by atoms with Crippen molar-refractivity contribution in [3.8, 4) is 0 Å². The number of aliphatic hydroxyl groups excluding tert-OH is 1. The molecule has 0 spiro atoms. The van der Waals surface area contributed by atoms with E-state index in [-0.39, 0.29) is 51.4 Å². The highest BCUT2D eigenvalue weighted by molar-refractivity contribution is 5.89. The van der Waals surface area contributed by atoms with E-state index in [9.17, 15) is 9.90 Å². The number of carbonyl (C=O) groups is 1. The fraction of sp³-hybridized carbons (Fsp3) is 0.821. The molecule has 1 heterocycles. The van der Waals surface area contributed by atoms with E-state index in [1.54, 1.807) is 0 Å². The monoisotopic (exact) mass is 429 g/mol. The van der Waals surface area contributed by atoms with Crippen LogP contribution in [0.3, 0.4) is 0 Å². The Morgan fingerprint density at radius 1 is 0.935 bits per heavy atom. The van der Waals surface area contributed by atoms with Gasteiger partial charge in [0.15, 0.2) is 0 Å². The van der Waals surface area contributed by atoms with Crippen LogP contribution >= 0.6 is 0 Å². The van der Waals surface area contributed by atoms with Crippen molar-refractivity contribution in [3.05, 3.63) is 23.3 Å². The summed E-state index contributed by atoms with van der Waals surface area (Å²) in [5.41, 5.74) is 1.77. The minimum Gasteiger partial charge on any atom is -0.392 e. The smallest absolute Gasteiger partial charge is 0.146 e. The molecule has 3 rings (SSSR count). The Labute approximate surface area is 191 Å². The Kier molecular flexibility index (Phi) is 5.61. The highest BCUT2D eigenvalue weighted by Gasteiger charge is 2.65. The number of carbonyl (C=O) groups excluding carboxylic acids is 1. The van der Waals surface area contributed by atoms with Crippen molar-refractivity contribution in [1.82, 2.24) is 5.32 Å². The maximum atomic E-state index is 13.6. The molecule has 6 atom stereocenters. The number of fused-ring (bicyclic) bond motifs is 2. The van der Waals surface area contributed by atoms with Gasteiger partial charge < -0.3 is 10.4 Å². The molecule has 1 aliphatic heterocycles. The number of hydrogen-bond donors (Lipinski definition) is 2. The first-order valence-corrected chi connectivity index (χ1v) is 12.2. The van der Waals surface area contributed by atoms with Crippen LogP contribution < -0.4 is 5.32 Å².